The molecule has 0 amide bonds. The maximum Gasteiger partial charge on any atom is 0.174 e. The molecule has 0 unspecified atom stereocenters. The van der Waals surface area contributed by atoms with Crippen LogP contribution in [0.25, 0.3) is 5.69 Å². The van der Waals surface area contributed by atoms with Gasteiger partial charge in [0.05, 0.1) is 23.9 Å². The van der Waals surface area contributed by atoms with Crippen molar-refractivity contribution < 1.29 is 9.13 Å². The monoisotopic (exact) mass is 526 g/mol. The van der Waals surface area contributed by atoms with Gasteiger partial charge in [-0.1, -0.05) is 12.1 Å². The number of ether oxygens (including phenoxy) is 1. The van der Waals surface area contributed by atoms with Crippen molar-refractivity contribution >= 4 is 23.0 Å². The second-order valence-corrected chi connectivity index (χ2v) is 10.5. The summed E-state index contributed by atoms with van der Waals surface area (Å²) in [6, 6.07) is 22.8. The molecule has 6 rings (SSSR count). The van der Waals surface area contributed by atoms with Gasteiger partial charge in [0, 0.05) is 29.0 Å². The molecule has 2 aromatic heterocycles. The minimum absolute atomic E-state index is 0.146. The van der Waals surface area contributed by atoms with E-state index in [4.69, 9.17) is 17.0 Å². The van der Waals surface area contributed by atoms with Crippen LogP contribution in [0.15, 0.2) is 79.0 Å². The maximum atomic E-state index is 14.1. The molecule has 2 fully saturated rings. The first-order chi connectivity index (χ1) is 18.5. The average molecular weight is 527 g/mol. The summed E-state index contributed by atoms with van der Waals surface area (Å²) in [5.41, 5.74) is 5.88. The predicted octanol–water partition coefficient (Wildman–Crippen LogP) is 7.13. The Morgan fingerprint density at radius 3 is 2.45 bits per heavy atom. The Hall–Kier alpha value is -3.71. The summed E-state index contributed by atoms with van der Waals surface area (Å²) in [4.78, 5) is 6.85. The van der Waals surface area contributed by atoms with E-state index in [0.29, 0.717) is 11.2 Å². The van der Waals surface area contributed by atoms with E-state index in [1.807, 2.05) is 42.6 Å². The normalized spacial score (nSPS) is 19.7. The number of pyridine rings is 1. The molecule has 3 heterocycles. The van der Waals surface area contributed by atoms with Crippen molar-refractivity contribution in [1.82, 2.24) is 14.9 Å². The predicted molar refractivity (Wildman–Crippen MR) is 152 cm³/mol. The van der Waals surface area contributed by atoms with Gasteiger partial charge >= 0.3 is 0 Å². The topological polar surface area (TPSA) is 42.3 Å². The summed E-state index contributed by atoms with van der Waals surface area (Å²) < 4.78 is 22.4. The largest absolute Gasteiger partial charge is 0.490 e. The van der Waals surface area contributed by atoms with E-state index >= 15 is 0 Å². The number of hydrogen-bond donors (Lipinski definition) is 1. The van der Waals surface area contributed by atoms with Gasteiger partial charge in [-0.15, -0.1) is 0 Å². The highest BCUT2D eigenvalue weighted by atomic mass is 32.1. The van der Waals surface area contributed by atoms with Crippen LogP contribution in [0.5, 0.6) is 5.75 Å². The fraction of sp³-hybridized carbons (Fsp3) is 0.290. The van der Waals surface area contributed by atoms with Crippen molar-refractivity contribution in [3.05, 3.63) is 107 Å². The summed E-state index contributed by atoms with van der Waals surface area (Å²) in [6.45, 7) is 4.14. The Balaban J connectivity index is 1.41. The molecule has 1 saturated heterocycles. The molecule has 0 radical (unpaired) electrons. The first kappa shape index (κ1) is 24.6. The quantitative estimate of drug-likeness (QED) is 0.271. The summed E-state index contributed by atoms with van der Waals surface area (Å²) in [6.07, 6.45) is 6.84. The molecule has 2 atom stereocenters. The highest BCUT2D eigenvalue weighted by Gasteiger charge is 2.42. The van der Waals surface area contributed by atoms with Crippen molar-refractivity contribution in [2.45, 2.75) is 57.7 Å². The standard InChI is InChI=1S/C31H31FN4OS/c1-20-18-27(21(2)35(20)24-9-7-8-22(32)19-24)30-29(28-12-5-6-17-33-28)34-31(38)36(30)23-13-15-26(16-14-23)37-25-10-3-4-11-25/h5-9,12-19,25,29-30H,3-4,10-11H2,1-2H3,(H,34,38)/t29-,30+/m1/s1. The molecule has 7 heteroatoms. The van der Waals surface area contributed by atoms with Crippen LogP contribution in [0.4, 0.5) is 10.1 Å². The fourth-order valence-electron chi connectivity index (χ4n) is 5.93. The lowest BCUT2D eigenvalue weighted by atomic mass is 9.96. The molecule has 5 nitrogen and oxygen atoms in total. The summed E-state index contributed by atoms with van der Waals surface area (Å²) in [7, 11) is 0. The first-order valence-electron chi connectivity index (χ1n) is 13.2. The summed E-state index contributed by atoms with van der Waals surface area (Å²) in [5, 5.41) is 4.18. The SMILES string of the molecule is Cc1cc([C@H]2[C@@H](c3ccccn3)NC(=S)N2c2ccc(OC3CCCC3)cc2)c(C)n1-c1cccc(F)c1. The second-order valence-electron chi connectivity index (χ2n) is 10.2. The number of rotatable bonds is 6. The second kappa shape index (κ2) is 10.2. The van der Waals surface area contributed by atoms with E-state index in [9.17, 15) is 4.39 Å². The summed E-state index contributed by atoms with van der Waals surface area (Å²) >= 11 is 5.92. The van der Waals surface area contributed by atoms with Gasteiger partial charge in [-0.2, -0.15) is 0 Å². The van der Waals surface area contributed by atoms with Gasteiger partial charge in [-0.05, 0) is 118 Å². The van der Waals surface area contributed by atoms with E-state index in [1.165, 1.54) is 18.9 Å². The molecule has 0 bridgehead atoms. The van der Waals surface area contributed by atoms with Crippen LogP contribution >= 0.6 is 12.2 Å². The average Bonchev–Trinajstić information content (AvgIpc) is 3.63. The molecule has 2 aliphatic rings. The number of halogens is 1. The van der Waals surface area contributed by atoms with Gasteiger partial charge in [0.1, 0.15) is 11.6 Å². The van der Waals surface area contributed by atoms with Crippen LogP contribution in [0.1, 0.15) is 60.4 Å². The number of nitrogens with zero attached hydrogens (tertiary/aromatic N) is 3. The van der Waals surface area contributed by atoms with Gasteiger partial charge < -0.3 is 19.5 Å². The van der Waals surface area contributed by atoms with Crippen molar-refractivity contribution in [3.63, 3.8) is 0 Å². The van der Waals surface area contributed by atoms with Gasteiger partial charge in [-0.3, -0.25) is 4.98 Å². The molecule has 4 aromatic rings. The van der Waals surface area contributed by atoms with E-state index in [-0.39, 0.29) is 17.9 Å². The van der Waals surface area contributed by atoms with E-state index in [2.05, 4.69) is 51.8 Å². The third-order valence-electron chi connectivity index (χ3n) is 7.67. The van der Waals surface area contributed by atoms with Crippen molar-refractivity contribution in [2.75, 3.05) is 4.90 Å². The lowest BCUT2D eigenvalue weighted by Gasteiger charge is -2.28. The molecular formula is C31H31FN4OS. The number of hydrogen-bond acceptors (Lipinski definition) is 3. The van der Waals surface area contributed by atoms with Crippen molar-refractivity contribution in [1.29, 1.82) is 0 Å². The van der Waals surface area contributed by atoms with Gasteiger partial charge in [0.25, 0.3) is 0 Å². The molecule has 38 heavy (non-hydrogen) atoms. The maximum absolute atomic E-state index is 14.1. The molecule has 1 aliphatic heterocycles. The minimum atomic E-state index is -0.256. The Morgan fingerprint density at radius 2 is 1.74 bits per heavy atom. The van der Waals surface area contributed by atoms with Crippen molar-refractivity contribution in [3.8, 4) is 11.4 Å². The molecular weight excluding hydrogens is 495 g/mol. The number of aromatic nitrogens is 2. The third kappa shape index (κ3) is 4.56. The van der Waals surface area contributed by atoms with Crippen LogP contribution in [0, 0.1) is 19.7 Å². The number of aryl methyl sites for hydroxylation is 1. The zero-order chi connectivity index (χ0) is 26.2. The number of anilines is 1. The highest BCUT2D eigenvalue weighted by Crippen LogP contribution is 2.44. The van der Waals surface area contributed by atoms with Crippen LogP contribution in [0.3, 0.4) is 0 Å². The molecule has 2 aromatic carbocycles. The number of nitrogens with one attached hydrogen (secondary N) is 1. The molecule has 194 valence electrons. The zero-order valence-corrected chi connectivity index (χ0v) is 22.4. The lowest BCUT2D eigenvalue weighted by Crippen LogP contribution is -2.29. The molecule has 1 aliphatic carbocycles. The van der Waals surface area contributed by atoms with Gasteiger partial charge in [-0.25, -0.2) is 4.39 Å². The number of benzene rings is 2. The summed E-state index contributed by atoms with van der Waals surface area (Å²) in [5.74, 6) is 0.633. The van der Waals surface area contributed by atoms with Crippen LogP contribution in [-0.4, -0.2) is 20.8 Å². The molecule has 1 saturated carbocycles. The Labute approximate surface area is 228 Å². The number of thiocarbonyl (C=S) groups is 1. The van der Waals surface area contributed by atoms with Crippen molar-refractivity contribution in [2.24, 2.45) is 0 Å². The fourth-order valence-corrected chi connectivity index (χ4v) is 6.28. The van der Waals surface area contributed by atoms with Gasteiger partial charge in [0.15, 0.2) is 5.11 Å². The molecule has 0 spiro atoms. The van der Waals surface area contributed by atoms with Gasteiger partial charge in [0.2, 0.25) is 0 Å². The van der Waals surface area contributed by atoms with Crippen LogP contribution in [-0.2, 0) is 0 Å². The van der Waals surface area contributed by atoms with Crippen LogP contribution in [0.2, 0.25) is 0 Å². The Bertz CT molecular complexity index is 1450. The first-order valence-corrected chi connectivity index (χ1v) is 13.6. The third-order valence-corrected chi connectivity index (χ3v) is 7.99. The minimum Gasteiger partial charge on any atom is -0.490 e. The Kier molecular flexibility index (Phi) is 6.62. The van der Waals surface area contributed by atoms with Crippen LogP contribution < -0.4 is 15.0 Å². The van der Waals surface area contributed by atoms with E-state index < -0.39 is 0 Å². The smallest absolute Gasteiger partial charge is 0.174 e. The van der Waals surface area contributed by atoms with E-state index in [1.54, 1.807) is 12.1 Å². The molecule has 1 N–H and O–H groups in total. The Morgan fingerprint density at radius 1 is 0.947 bits per heavy atom. The highest BCUT2D eigenvalue weighted by molar-refractivity contribution is 7.80. The zero-order valence-electron chi connectivity index (χ0n) is 21.6. The lowest BCUT2D eigenvalue weighted by molar-refractivity contribution is 0.210. The van der Waals surface area contributed by atoms with E-state index in [0.717, 1.165) is 52.6 Å².